The van der Waals surface area contributed by atoms with E-state index < -0.39 is 6.10 Å². The van der Waals surface area contributed by atoms with Crippen molar-refractivity contribution >= 4 is 55.7 Å². The van der Waals surface area contributed by atoms with Gasteiger partial charge in [-0.05, 0) is 55.7 Å². The summed E-state index contributed by atoms with van der Waals surface area (Å²) >= 11 is 7.03. The topological polar surface area (TPSA) is 40.5 Å². The molecule has 4 heteroatoms. The smallest absolute Gasteiger partial charge is 0.138 e. The lowest BCUT2D eigenvalue weighted by Crippen LogP contribution is -2.43. The average Bonchev–Trinajstić information content (AvgIpc) is 2.58. The van der Waals surface area contributed by atoms with Crippen LogP contribution < -0.4 is 20.9 Å². The molecule has 0 aliphatic heterocycles. The highest BCUT2D eigenvalue weighted by atomic mass is 79.9. The van der Waals surface area contributed by atoms with Gasteiger partial charge in [0, 0.05) is 11.1 Å². The Kier molecular flexibility index (Phi) is 4.15. The molecule has 0 spiro atoms. The van der Waals surface area contributed by atoms with Crippen LogP contribution in [0.2, 0.25) is 0 Å². The first-order chi connectivity index (χ1) is 11.6. The third-order valence-corrected chi connectivity index (χ3v) is 6.03. The van der Waals surface area contributed by atoms with Gasteiger partial charge >= 0.3 is 0 Å². The first-order valence-corrected chi connectivity index (χ1v) is 9.64. The number of alkyl halides is 1. The van der Waals surface area contributed by atoms with Crippen molar-refractivity contribution < 1.29 is 10.2 Å². The number of aliphatic hydroxyl groups excluding tert-OH is 1. The Balaban J connectivity index is 2.23. The molecule has 4 rings (SSSR count). The number of fused-ring (bicyclic) bond motifs is 2. The van der Waals surface area contributed by atoms with E-state index in [1.165, 1.54) is 0 Å². The number of rotatable bonds is 1. The number of phenols is 1. The van der Waals surface area contributed by atoms with Crippen molar-refractivity contribution in [1.29, 1.82) is 0 Å². The maximum absolute atomic E-state index is 10.9. The normalized spacial score (nSPS) is 21.9. The number of aromatic hydroxyl groups is 1. The molecular formula is C20H16Br2O2. The standard InChI is InChI=1S/C20H16Br2O2/c21-15-9-11-5-1-3-7-13(11)17(19(15)23)18-14-8-4-2-6-12(14)10-16(22)20(18)24/h1,3,5-10,15,19,23-24H,2,4H2/t15-,19-/m0/s1. The molecule has 0 amide bonds. The second kappa shape index (κ2) is 6.17. The monoisotopic (exact) mass is 446 g/mol. The number of phenolic OH excluding ortho intramolecular Hbond substituents is 1. The van der Waals surface area contributed by atoms with E-state index in [9.17, 15) is 10.2 Å². The maximum atomic E-state index is 10.9. The van der Waals surface area contributed by atoms with Crippen LogP contribution in [0.15, 0.2) is 34.8 Å². The van der Waals surface area contributed by atoms with Crippen molar-refractivity contribution in [3.8, 4) is 5.75 Å². The number of aliphatic hydroxyl groups is 1. The quantitative estimate of drug-likeness (QED) is 0.652. The molecule has 2 aromatic rings. The summed E-state index contributed by atoms with van der Waals surface area (Å²) in [7, 11) is 0. The molecule has 0 bridgehead atoms. The van der Waals surface area contributed by atoms with E-state index in [0.29, 0.717) is 4.47 Å². The lowest BCUT2D eigenvalue weighted by atomic mass is 9.88. The van der Waals surface area contributed by atoms with Crippen LogP contribution in [0.5, 0.6) is 5.75 Å². The molecule has 2 nitrogen and oxygen atoms in total. The minimum atomic E-state index is -0.723. The van der Waals surface area contributed by atoms with Gasteiger partial charge in [0.15, 0.2) is 0 Å². The molecule has 2 aliphatic carbocycles. The van der Waals surface area contributed by atoms with E-state index in [2.05, 4.69) is 44.0 Å². The second-order valence-corrected chi connectivity index (χ2v) is 8.04. The number of hydrogen-bond acceptors (Lipinski definition) is 2. The van der Waals surface area contributed by atoms with Crippen molar-refractivity contribution in [3.05, 3.63) is 61.2 Å². The first kappa shape index (κ1) is 16.1. The maximum Gasteiger partial charge on any atom is 0.138 e. The van der Waals surface area contributed by atoms with Gasteiger partial charge in [-0.25, -0.2) is 0 Å². The number of benzene rings is 2. The highest BCUT2D eigenvalue weighted by Gasteiger charge is 2.27. The average molecular weight is 448 g/mol. The fraction of sp³-hybridized carbons (Fsp3) is 0.200. The highest BCUT2D eigenvalue weighted by molar-refractivity contribution is 9.10. The van der Waals surface area contributed by atoms with Gasteiger partial charge in [0.2, 0.25) is 0 Å². The van der Waals surface area contributed by atoms with Crippen molar-refractivity contribution in [2.75, 3.05) is 0 Å². The van der Waals surface area contributed by atoms with Gasteiger partial charge in [-0.15, -0.1) is 0 Å². The summed E-state index contributed by atoms with van der Waals surface area (Å²) in [6.07, 6.45) is 7.56. The molecule has 0 radical (unpaired) electrons. The van der Waals surface area contributed by atoms with Crippen LogP contribution in [0.3, 0.4) is 0 Å². The van der Waals surface area contributed by atoms with Crippen molar-refractivity contribution in [2.24, 2.45) is 0 Å². The van der Waals surface area contributed by atoms with Gasteiger partial charge < -0.3 is 10.2 Å². The van der Waals surface area contributed by atoms with E-state index in [4.69, 9.17) is 0 Å². The van der Waals surface area contributed by atoms with Gasteiger partial charge in [-0.3, -0.25) is 0 Å². The summed E-state index contributed by atoms with van der Waals surface area (Å²) in [5.41, 5.74) is 1.50. The van der Waals surface area contributed by atoms with Crippen molar-refractivity contribution in [3.63, 3.8) is 0 Å². The molecule has 2 N–H and O–H groups in total. The van der Waals surface area contributed by atoms with E-state index in [1.54, 1.807) is 0 Å². The summed E-state index contributed by atoms with van der Waals surface area (Å²) in [5.74, 6) is 0.186. The Morgan fingerprint density at radius 2 is 1.79 bits per heavy atom. The fourth-order valence-electron chi connectivity index (χ4n) is 3.55. The molecule has 0 saturated heterocycles. The predicted molar refractivity (Wildman–Crippen MR) is 105 cm³/mol. The third kappa shape index (κ3) is 2.48. The Morgan fingerprint density at radius 3 is 2.62 bits per heavy atom. The van der Waals surface area contributed by atoms with Crippen LogP contribution in [0.4, 0.5) is 0 Å². The summed E-state index contributed by atoms with van der Waals surface area (Å²) in [4.78, 5) is -0.191. The SMILES string of the molecule is Oc1c(Br)cc2c(c1C1=c3ccccc3=C[C@H](Br)[C@@H]1O)=CCCC=2. The largest absolute Gasteiger partial charge is 0.506 e. The van der Waals surface area contributed by atoms with E-state index in [1.807, 2.05) is 36.4 Å². The van der Waals surface area contributed by atoms with Gasteiger partial charge in [0.05, 0.1) is 15.4 Å². The lowest BCUT2D eigenvalue weighted by Gasteiger charge is -2.24. The Labute approximate surface area is 156 Å². The molecule has 24 heavy (non-hydrogen) atoms. The molecule has 2 aromatic carbocycles. The van der Waals surface area contributed by atoms with Crippen LogP contribution in [-0.4, -0.2) is 21.1 Å². The lowest BCUT2D eigenvalue weighted by molar-refractivity contribution is 0.244. The first-order valence-electron chi connectivity index (χ1n) is 7.93. The summed E-state index contributed by atoms with van der Waals surface area (Å²) < 4.78 is 0.653. The molecule has 2 aliphatic rings. The minimum absolute atomic E-state index is 0.186. The van der Waals surface area contributed by atoms with Crippen molar-refractivity contribution in [2.45, 2.75) is 23.8 Å². The van der Waals surface area contributed by atoms with E-state index in [0.717, 1.165) is 44.9 Å². The number of halogens is 2. The zero-order valence-electron chi connectivity index (χ0n) is 12.8. The predicted octanol–water partition coefficient (Wildman–Crippen LogP) is 1.63. The minimum Gasteiger partial charge on any atom is -0.506 e. The van der Waals surface area contributed by atoms with Crippen LogP contribution in [0.25, 0.3) is 23.8 Å². The van der Waals surface area contributed by atoms with Gasteiger partial charge in [0.1, 0.15) is 5.75 Å². The molecule has 0 aromatic heterocycles. The van der Waals surface area contributed by atoms with Crippen LogP contribution in [0, 0.1) is 0 Å². The van der Waals surface area contributed by atoms with Crippen LogP contribution in [-0.2, 0) is 0 Å². The Bertz CT molecular complexity index is 1070. The summed E-state index contributed by atoms with van der Waals surface area (Å²) in [6.45, 7) is 0. The Morgan fingerprint density at radius 1 is 1.04 bits per heavy atom. The molecule has 2 atom stereocenters. The summed E-state index contributed by atoms with van der Waals surface area (Å²) in [6, 6.07) is 9.93. The fourth-order valence-corrected chi connectivity index (χ4v) is 4.55. The van der Waals surface area contributed by atoms with Gasteiger partial charge in [-0.1, -0.05) is 58.4 Å². The Hall–Kier alpha value is -1.36. The molecule has 0 saturated carbocycles. The zero-order chi connectivity index (χ0) is 16.8. The van der Waals surface area contributed by atoms with Gasteiger partial charge in [-0.2, -0.15) is 0 Å². The molecule has 122 valence electrons. The highest BCUT2D eigenvalue weighted by Crippen LogP contribution is 2.32. The van der Waals surface area contributed by atoms with Crippen molar-refractivity contribution in [1.82, 2.24) is 0 Å². The third-order valence-electron chi connectivity index (χ3n) is 4.66. The van der Waals surface area contributed by atoms with E-state index >= 15 is 0 Å². The number of hydrogen-bond donors (Lipinski definition) is 2. The summed E-state index contributed by atoms with van der Waals surface area (Å²) in [5, 5.41) is 25.8. The molecule has 0 unspecified atom stereocenters. The van der Waals surface area contributed by atoms with Gasteiger partial charge in [0.25, 0.3) is 0 Å². The molecular weight excluding hydrogens is 432 g/mol. The molecule has 0 heterocycles. The second-order valence-electron chi connectivity index (χ2n) is 6.13. The van der Waals surface area contributed by atoms with Crippen LogP contribution in [0.1, 0.15) is 18.4 Å². The molecule has 0 fully saturated rings. The zero-order valence-corrected chi connectivity index (χ0v) is 16.0. The van der Waals surface area contributed by atoms with Crippen LogP contribution >= 0.6 is 31.9 Å². The van der Waals surface area contributed by atoms with E-state index in [-0.39, 0.29) is 10.6 Å².